The molecule has 0 unspecified atom stereocenters. The molecule has 0 amide bonds. The van der Waals surface area contributed by atoms with Gasteiger partial charge in [0.05, 0.1) is 0 Å². The van der Waals surface area contributed by atoms with Crippen molar-refractivity contribution in [3.63, 3.8) is 0 Å². The van der Waals surface area contributed by atoms with E-state index in [1.165, 1.54) is 0 Å². The van der Waals surface area contributed by atoms with Gasteiger partial charge in [-0.05, 0) is 32.6 Å². The lowest BCUT2D eigenvalue weighted by molar-refractivity contribution is 0.323. The molecule has 0 atom stereocenters. The molecule has 0 aromatic heterocycles. The third kappa shape index (κ3) is 6.11. The second-order valence-corrected chi connectivity index (χ2v) is 4.65. The van der Waals surface area contributed by atoms with E-state index < -0.39 is 0 Å². The van der Waals surface area contributed by atoms with Crippen LogP contribution in [0.25, 0.3) is 0 Å². The lowest BCUT2D eigenvalue weighted by atomic mass is 9.80. The van der Waals surface area contributed by atoms with Crippen LogP contribution in [-0.2, 0) is 0 Å². The van der Waals surface area contributed by atoms with Crippen molar-refractivity contribution < 1.29 is 0 Å². The average Bonchev–Trinajstić information content (AvgIpc) is 1.55. The minimum atomic E-state index is -0.0665. The molecule has 0 heterocycles. The molecule has 0 radical (unpaired) electrons. The summed E-state index contributed by atoms with van der Waals surface area (Å²) >= 11 is 0. The molecule has 0 bridgehead atoms. The van der Waals surface area contributed by atoms with Gasteiger partial charge in [-0.3, -0.25) is 0 Å². The first kappa shape index (κ1) is 10.7. The molecule has 0 aliphatic heterocycles. The van der Waals surface area contributed by atoms with Crippen LogP contribution in [0.2, 0.25) is 0 Å². The van der Waals surface area contributed by atoms with Gasteiger partial charge in [0, 0.05) is 5.54 Å². The lowest BCUT2D eigenvalue weighted by Gasteiger charge is -2.29. The van der Waals surface area contributed by atoms with Crippen LogP contribution < -0.4 is 5.73 Å². The molecule has 0 aliphatic carbocycles. The third-order valence-electron chi connectivity index (χ3n) is 1.53. The number of allylic oxidation sites excluding steroid dienone is 2. The fraction of sp³-hybridized carbons (Fsp3) is 0.800. The Morgan fingerprint density at radius 1 is 1.18 bits per heavy atom. The Balaban J connectivity index is 4.13. The van der Waals surface area contributed by atoms with Crippen molar-refractivity contribution in [3.8, 4) is 0 Å². The van der Waals surface area contributed by atoms with E-state index in [9.17, 15) is 0 Å². The summed E-state index contributed by atoms with van der Waals surface area (Å²) in [5.41, 5.74) is 6.08. The summed E-state index contributed by atoms with van der Waals surface area (Å²) in [5.74, 6) is 0. The van der Waals surface area contributed by atoms with Crippen molar-refractivity contribution >= 4 is 0 Å². The van der Waals surface area contributed by atoms with Crippen molar-refractivity contribution in [3.05, 3.63) is 12.2 Å². The highest BCUT2D eigenvalue weighted by Crippen LogP contribution is 2.27. The quantitative estimate of drug-likeness (QED) is 0.623. The SMILES string of the molecule is C/C=C/C(C)(C)CC(C)(C)N. The average molecular weight is 155 g/mol. The molecular weight excluding hydrogens is 134 g/mol. The van der Waals surface area contributed by atoms with Gasteiger partial charge in [0.1, 0.15) is 0 Å². The maximum Gasteiger partial charge on any atom is 0.0105 e. The highest BCUT2D eigenvalue weighted by Gasteiger charge is 2.22. The number of nitrogens with two attached hydrogens (primary N) is 1. The highest BCUT2D eigenvalue weighted by atomic mass is 14.7. The Morgan fingerprint density at radius 2 is 1.64 bits per heavy atom. The molecule has 0 aliphatic rings. The zero-order chi connectivity index (χ0) is 9.12. The first-order valence-corrected chi connectivity index (χ1v) is 4.20. The van der Waals surface area contributed by atoms with Gasteiger partial charge >= 0.3 is 0 Å². The standard InChI is InChI=1S/C10H21N/c1-6-7-9(2,3)8-10(4,5)11/h6-7H,8,11H2,1-5H3/b7-6+. The van der Waals surface area contributed by atoms with Crippen LogP contribution in [0, 0.1) is 5.41 Å². The monoisotopic (exact) mass is 155 g/mol. The molecule has 0 rings (SSSR count). The summed E-state index contributed by atoms with van der Waals surface area (Å²) in [4.78, 5) is 0. The Labute approximate surface area is 70.7 Å². The molecule has 11 heavy (non-hydrogen) atoms. The Kier molecular flexibility index (Phi) is 3.30. The van der Waals surface area contributed by atoms with Gasteiger partial charge in [-0.25, -0.2) is 0 Å². The summed E-state index contributed by atoms with van der Waals surface area (Å²) < 4.78 is 0. The minimum Gasteiger partial charge on any atom is -0.326 e. The largest absolute Gasteiger partial charge is 0.326 e. The van der Waals surface area contributed by atoms with Crippen molar-refractivity contribution in [2.45, 2.75) is 46.6 Å². The first-order chi connectivity index (χ1) is 4.77. The van der Waals surface area contributed by atoms with Gasteiger partial charge in [-0.2, -0.15) is 0 Å². The highest BCUT2D eigenvalue weighted by molar-refractivity contribution is 4.96. The van der Waals surface area contributed by atoms with Crippen LogP contribution in [0.3, 0.4) is 0 Å². The van der Waals surface area contributed by atoms with E-state index in [4.69, 9.17) is 5.73 Å². The minimum absolute atomic E-state index is 0.0665. The topological polar surface area (TPSA) is 26.0 Å². The number of hydrogen-bond acceptors (Lipinski definition) is 1. The molecule has 1 nitrogen and oxygen atoms in total. The normalized spacial score (nSPS) is 14.4. The van der Waals surface area contributed by atoms with E-state index in [0.29, 0.717) is 0 Å². The van der Waals surface area contributed by atoms with Crippen molar-refractivity contribution in [2.75, 3.05) is 0 Å². The predicted octanol–water partition coefficient (Wildman–Crippen LogP) is 2.72. The van der Waals surface area contributed by atoms with Gasteiger partial charge in [0.15, 0.2) is 0 Å². The molecule has 0 fully saturated rings. The van der Waals surface area contributed by atoms with Gasteiger partial charge in [-0.15, -0.1) is 0 Å². The molecule has 0 spiro atoms. The summed E-state index contributed by atoms with van der Waals surface area (Å²) in [6, 6.07) is 0. The van der Waals surface area contributed by atoms with E-state index in [1.807, 2.05) is 6.92 Å². The van der Waals surface area contributed by atoms with Gasteiger partial charge in [0.25, 0.3) is 0 Å². The van der Waals surface area contributed by atoms with Crippen molar-refractivity contribution in [2.24, 2.45) is 11.1 Å². The smallest absolute Gasteiger partial charge is 0.0105 e. The van der Waals surface area contributed by atoms with Gasteiger partial charge < -0.3 is 5.73 Å². The van der Waals surface area contributed by atoms with E-state index in [-0.39, 0.29) is 11.0 Å². The maximum absolute atomic E-state index is 5.92. The third-order valence-corrected chi connectivity index (χ3v) is 1.53. The Morgan fingerprint density at radius 3 is 1.91 bits per heavy atom. The Bertz CT molecular complexity index is 137. The number of rotatable bonds is 3. The van der Waals surface area contributed by atoms with E-state index in [1.54, 1.807) is 0 Å². The van der Waals surface area contributed by atoms with Crippen molar-refractivity contribution in [1.29, 1.82) is 0 Å². The van der Waals surface area contributed by atoms with Crippen LogP contribution >= 0.6 is 0 Å². The molecule has 66 valence electrons. The lowest BCUT2D eigenvalue weighted by Crippen LogP contribution is -2.36. The van der Waals surface area contributed by atoms with Crippen LogP contribution in [-0.4, -0.2) is 5.54 Å². The molecule has 0 saturated heterocycles. The maximum atomic E-state index is 5.92. The summed E-state index contributed by atoms with van der Waals surface area (Å²) in [6.45, 7) is 10.6. The molecular formula is C10H21N. The zero-order valence-corrected chi connectivity index (χ0v) is 8.44. The molecule has 2 N–H and O–H groups in total. The Hall–Kier alpha value is -0.300. The second kappa shape index (κ2) is 3.40. The van der Waals surface area contributed by atoms with Crippen LogP contribution in [0.15, 0.2) is 12.2 Å². The molecule has 0 aromatic carbocycles. The van der Waals surface area contributed by atoms with Gasteiger partial charge in [-0.1, -0.05) is 26.0 Å². The zero-order valence-electron chi connectivity index (χ0n) is 8.44. The van der Waals surface area contributed by atoms with Crippen LogP contribution in [0.5, 0.6) is 0 Å². The van der Waals surface area contributed by atoms with E-state index >= 15 is 0 Å². The van der Waals surface area contributed by atoms with Crippen LogP contribution in [0.4, 0.5) is 0 Å². The summed E-state index contributed by atoms with van der Waals surface area (Å²) in [6.07, 6.45) is 5.32. The van der Waals surface area contributed by atoms with E-state index in [2.05, 4.69) is 39.8 Å². The molecule has 1 heteroatoms. The number of hydrogen-bond donors (Lipinski definition) is 1. The molecule has 0 aromatic rings. The fourth-order valence-corrected chi connectivity index (χ4v) is 1.68. The first-order valence-electron chi connectivity index (χ1n) is 4.20. The van der Waals surface area contributed by atoms with Gasteiger partial charge in [0.2, 0.25) is 0 Å². The fourth-order valence-electron chi connectivity index (χ4n) is 1.68. The summed E-state index contributed by atoms with van der Waals surface area (Å²) in [7, 11) is 0. The summed E-state index contributed by atoms with van der Waals surface area (Å²) in [5, 5.41) is 0. The predicted molar refractivity (Wildman–Crippen MR) is 51.5 cm³/mol. The second-order valence-electron chi connectivity index (χ2n) is 4.65. The van der Waals surface area contributed by atoms with E-state index in [0.717, 1.165) is 6.42 Å². The van der Waals surface area contributed by atoms with Crippen LogP contribution in [0.1, 0.15) is 41.0 Å². The van der Waals surface area contributed by atoms with Crippen molar-refractivity contribution in [1.82, 2.24) is 0 Å². The molecule has 0 saturated carbocycles.